The van der Waals surface area contributed by atoms with Gasteiger partial charge in [0, 0.05) is 12.6 Å². The zero-order valence-electron chi connectivity index (χ0n) is 16.1. The lowest BCUT2D eigenvalue weighted by molar-refractivity contribution is -0.138. The fourth-order valence-electron chi connectivity index (χ4n) is 3.61. The molecule has 0 radical (unpaired) electrons. The number of benzene rings is 1. The summed E-state index contributed by atoms with van der Waals surface area (Å²) in [5, 5.41) is 14.4. The Morgan fingerprint density at radius 3 is 2.75 bits per heavy atom. The first-order valence-corrected chi connectivity index (χ1v) is 9.17. The lowest BCUT2D eigenvalue weighted by Crippen LogP contribution is -2.32. The number of nitrogens with one attached hydrogen (secondary N) is 1. The molecule has 166 valence electrons. The summed E-state index contributed by atoms with van der Waals surface area (Å²) in [4.78, 5) is 27.7. The zero-order chi connectivity index (χ0) is 23.0. The van der Waals surface area contributed by atoms with E-state index in [0.717, 1.165) is 24.0 Å². The molecule has 1 aromatic carbocycles. The summed E-state index contributed by atoms with van der Waals surface area (Å²) in [5.41, 5.74) is -2.51. The molecule has 1 aliphatic rings. The molecule has 0 aliphatic carbocycles. The standard InChI is InChI=1S/C20H14F4N4O4/c21-17-13(19(30)31)5-11(6-25-17)32-9-15-12-4-2-1-3-10(12)8-28(15)14-7-26-27-18(29)16(14)20(22,23)24/h1-7,15H,8-9H2,(H,27,29)(H,30,31). The molecule has 32 heavy (non-hydrogen) atoms. The number of alkyl halides is 3. The van der Waals surface area contributed by atoms with E-state index >= 15 is 0 Å². The summed E-state index contributed by atoms with van der Waals surface area (Å²) < 4.78 is 60.0. The molecule has 1 unspecified atom stereocenters. The molecule has 0 saturated heterocycles. The molecular formula is C20H14F4N4O4. The minimum absolute atomic E-state index is 0.0560. The topological polar surface area (TPSA) is 108 Å². The number of pyridine rings is 1. The molecule has 0 saturated carbocycles. The van der Waals surface area contributed by atoms with Crippen molar-refractivity contribution in [1.82, 2.24) is 15.2 Å². The van der Waals surface area contributed by atoms with Gasteiger partial charge in [-0.15, -0.1) is 0 Å². The number of ether oxygens (including phenoxy) is 1. The summed E-state index contributed by atoms with van der Waals surface area (Å²) >= 11 is 0. The molecule has 1 aliphatic heterocycles. The Morgan fingerprint density at radius 1 is 1.28 bits per heavy atom. The van der Waals surface area contributed by atoms with Gasteiger partial charge >= 0.3 is 12.1 Å². The second-order valence-electron chi connectivity index (χ2n) is 6.93. The van der Waals surface area contributed by atoms with Crippen molar-refractivity contribution >= 4 is 11.7 Å². The fourth-order valence-corrected chi connectivity index (χ4v) is 3.61. The van der Waals surface area contributed by atoms with Gasteiger partial charge in [-0.2, -0.15) is 22.7 Å². The predicted octanol–water partition coefficient (Wildman–Crippen LogP) is 3.16. The van der Waals surface area contributed by atoms with Crippen LogP contribution in [0.1, 0.15) is 33.1 Å². The van der Waals surface area contributed by atoms with Crippen LogP contribution in [0.4, 0.5) is 23.2 Å². The number of hydrogen-bond donors (Lipinski definition) is 2. The van der Waals surface area contributed by atoms with E-state index in [4.69, 9.17) is 9.84 Å². The van der Waals surface area contributed by atoms with E-state index in [0.29, 0.717) is 5.56 Å². The SMILES string of the molecule is O=C(O)c1cc(OCC2c3ccccc3CN2c2cn[nH]c(=O)c2C(F)(F)F)cnc1F. The van der Waals surface area contributed by atoms with Crippen LogP contribution in [0.15, 0.2) is 47.5 Å². The largest absolute Gasteiger partial charge is 0.489 e. The van der Waals surface area contributed by atoms with E-state index in [1.54, 1.807) is 29.4 Å². The number of fused-ring (bicyclic) bond motifs is 1. The van der Waals surface area contributed by atoms with Gasteiger partial charge in [-0.25, -0.2) is 14.9 Å². The number of carboxylic acid groups (broad SMARTS) is 1. The summed E-state index contributed by atoms with van der Waals surface area (Å²) in [6, 6.07) is 7.05. The Bertz CT molecular complexity index is 1240. The van der Waals surface area contributed by atoms with E-state index in [1.165, 1.54) is 4.90 Å². The minimum atomic E-state index is -4.93. The molecule has 1 atom stereocenters. The second kappa shape index (κ2) is 7.94. The highest BCUT2D eigenvalue weighted by Crippen LogP contribution is 2.42. The number of aromatic amines is 1. The maximum atomic E-state index is 13.6. The number of carbonyl (C=O) groups is 1. The molecule has 0 amide bonds. The van der Waals surface area contributed by atoms with Gasteiger partial charge in [0.2, 0.25) is 5.95 Å². The Hall–Kier alpha value is -3.96. The Kier molecular flexibility index (Phi) is 5.28. The van der Waals surface area contributed by atoms with E-state index < -0.39 is 46.5 Å². The lowest BCUT2D eigenvalue weighted by atomic mass is 10.1. The van der Waals surface area contributed by atoms with Crippen molar-refractivity contribution in [3.63, 3.8) is 0 Å². The molecule has 4 rings (SSSR count). The quantitative estimate of drug-likeness (QED) is 0.454. The minimum Gasteiger partial charge on any atom is -0.489 e. The first kappa shape index (κ1) is 21.3. The molecule has 3 aromatic rings. The van der Waals surface area contributed by atoms with Crippen molar-refractivity contribution in [2.45, 2.75) is 18.8 Å². The first-order valence-electron chi connectivity index (χ1n) is 9.17. The van der Waals surface area contributed by atoms with Crippen LogP contribution < -0.4 is 15.2 Å². The average Bonchev–Trinajstić information content (AvgIpc) is 3.10. The predicted molar refractivity (Wildman–Crippen MR) is 102 cm³/mol. The van der Waals surface area contributed by atoms with Crippen molar-refractivity contribution in [1.29, 1.82) is 0 Å². The molecule has 12 heteroatoms. The highest BCUT2D eigenvalue weighted by atomic mass is 19.4. The van der Waals surface area contributed by atoms with Crippen molar-refractivity contribution in [2.24, 2.45) is 0 Å². The van der Waals surface area contributed by atoms with E-state index in [-0.39, 0.29) is 18.9 Å². The molecule has 3 heterocycles. The van der Waals surface area contributed by atoms with Crippen LogP contribution in [0.5, 0.6) is 5.75 Å². The number of aromatic carboxylic acids is 1. The molecular weight excluding hydrogens is 436 g/mol. The number of aromatic nitrogens is 3. The number of nitrogens with zero attached hydrogens (tertiary/aromatic N) is 3. The van der Waals surface area contributed by atoms with Crippen LogP contribution in [0.2, 0.25) is 0 Å². The van der Waals surface area contributed by atoms with Gasteiger partial charge in [0.1, 0.15) is 23.5 Å². The normalized spacial score (nSPS) is 15.5. The van der Waals surface area contributed by atoms with Gasteiger partial charge in [0.25, 0.3) is 5.56 Å². The maximum Gasteiger partial charge on any atom is 0.423 e. The maximum absolute atomic E-state index is 13.6. The van der Waals surface area contributed by atoms with Gasteiger partial charge in [0.05, 0.1) is 24.1 Å². The smallest absolute Gasteiger partial charge is 0.423 e. The lowest BCUT2D eigenvalue weighted by Gasteiger charge is -2.28. The monoisotopic (exact) mass is 450 g/mol. The highest BCUT2D eigenvalue weighted by Gasteiger charge is 2.42. The summed E-state index contributed by atoms with van der Waals surface area (Å²) in [7, 11) is 0. The number of rotatable bonds is 5. The summed E-state index contributed by atoms with van der Waals surface area (Å²) in [6.07, 6.45) is -3.03. The van der Waals surface area contributed by atoms with E-state index in [9.17, 15) is 27.2 Å². The number of halogens is 4. The number of carboxylic acids is 1. The summed E-state index contributed by atoms with van der Waals surface area (Å²) in [6.45, 7) is -0.173. The van der Waals surface area contributed by atoms with Crippen LogP contribution >= 0.6 is 0 Å². The third-order valence-corrected chi connectivity index (χ3v) is 5.01. The van der Waals surface area contributed by atoms with Gasteiger partial charge in [0.15, 0.2) is 0 Å². The fraction of sp³-hybridized carbons (Fsp3) is 0.200. The third-order valence-electron chi connectivity index (χ3n) is 5.01. The Labute approximate surface area is 177 Å². The van der Waals surface area contributed by atoms with Gasteiger partial charge in [-0.05, 0) is 11.1 Å². The van der Waals surface area contributed by atoms with Crippen LogP contribution in [0, 0.1) is 5.95 Å². The van der Waals surface area contributed by atoms with Crippen LogP contribution in [-0.2, 0) is 12.7 Å². The van der Waals surface area contributed by atoms with Crippen LogP contribution in [0.3, 0.4) is 0 Å². The first-order chi connectivity index (χ1) is 15.2. The number of hydrogen-bond acceptors (Lipinski definition) is 6. The van der Waals surface area contributed by atoms with Gasteiger partial charge in [-0.3, -0.25) is 4.79 Å². The van der Waals surface area contributed by atoms with Crippen molar-refractivity contribution in [2.75, 3.05) is 11.5 Å². The third kappa shape index (κ3) is 3.86. The van der Waals surface area contributed by atoms with Gasteiger partial charge < -0.3 is 14.7 Å². The molecule has 0 bridgehead atoms. The van der Waals surface area contributed by atoms with Crippen molar-refractivity contribution in [3.05, 3.63) is 81.3 Å². The van der Waals surface area contributed by atoms with Crippen molar-refractivity contribution < 1.29 is 32.2 Å². The highest BCUT2D eigenvalue weighted by molar-refractivity contribution is 5.87. The number of H-pyrrole nitrogens is 1. The van der Waals surface area contributed by atoms with Crippen LogP contribution in [0.25, 0.3) is 0 Å². The van der Waals surface area contributed by atoms with Gasteiger partial charge in [-0.1, -0.05) is 24.3 Å². The Morgan fingerprint density at radius 2 is 2.03 bits per heavy atom. The zero-order valence-corrected chi connectivity index (χ0v) is 16.1. The molecule has 2 aromatic heterocycles. The van der Waals surface area contributed by atoms with E-state index in [1.807, 2.05) is 0 Å². The average molecular weight is 450 g/mol. The molecule has 0 spiro atoms. The molecule has 8 nitrogen and oxygen atoms in total. The van der Waals surface area contributed by atoms with Crippen molar-refractivity contribution in [3.8, 4) is 5.75 Å². The molecule has 0 fully saturated rings. The van der Waals surface area contributed by atoms with E-state index in [2.05, 4.69) is 10.1 Å². The molecule has 2 N–H and O–H groups in total. The number of anilines is 1. The summed E-state index contributed by atoms with van der Waals surface area (Å²) in [5.74, 6) is -2.81. The Balaban J connectivity index is 1.71. The second-order valence-corrected chi connectivity index (χ2v) is 6.93. The van der Waals surface area contributed by atoms with Crippen LogP contribution in [-0.4, -0.2) is 32.9 Å².